The van der Waals surface area contributed by atoms with Crippen LogP contribution in [0.5, 0.6) is 0 Å². The monoisotopic (exact) mass is 217 g/mol. The van der Waals surface area contributed by atoms with Gasteiger partial charge in [0, 0.05) is 12.7 Å². The molecule has 0 radical (unpaired) electrons. The highest BCUT2D eigenvalue weighted by atomic mass is 15.3. The summed E-state index contributed by atoms with van der Waals surface area (Å²) in [5.74, 6) is 1.13. The SMILES string of the molecule is C/C=C1\N=C(c2c(C)nn(C)c2C)N=C1N. The van der Waals surface area contributed by atoms with Gasteiger partial charge in [-0.2, -0.15) is 5.10 Å². The van der Waals surface area contributed by atoms with E-state index in [1.54, 1.807) is 0 Å². The quantitative estimate of drug-likeness (QED) is 0.764. The largest absolute Gasteiger partial charge is 0.382 e. The standard InChI is InChI=1S/C11H15N5/c1-5-8-10(12)14-11(13-8)9-6(2)15-16(4)7(9)3/h5H,1-4H3,(H2,12,13,14)/b8-5-. The fraction of sp³-hybridized carbons (Fsp3) is 0.364. The molecule has 1 aromatic rings. The van der Waals surface area contributed by atoms with Crippen LogP contribution in [0.4, 0.5) is 0 Å². The molecule has 0 saturated heterocycles. The van der Waals surface area contributed by atoms with Crippen LogP contribution in [0.1, 0.15) is 23.9 Å². The first-order valence-corrected chi connectivity index (χ1v) is 5.14. The molecule has 0 spiro atoms. The third kappa shape index (κ3) is 1.44. The van der Waals surface area contributed by atoms with E-state index in [1.165, 1.54) is 0 Å². The molecule has 0 fully saturated rings. The van der Waals surface area contributed by atoms with Crippen molar-refractivity contribution in [2.45, 2.75) is 20.8 Å². The Kier molecular flexibility index (Phi) is 2.38. The zero-order valence-electron chi connectivity index (χ0n) is 9.94. The summed E-state index contributed by atoms with van der Waals surface area (Å²) in [6.45, 7) is 5.84. The lowest BCUT2D eigenvalue weighted by Gasteiger charge is -1.97. The number of amidine groups is 2. The second kappa shape index (κ2) is 3.59. The van der Waals surface area contributed by atoms with E-state index in [9.17, 15) is 0 Å². The number of hydrogen-bond donors (Lipinski definition) is 1. The molecule has 5 heteroatoms. The fourth-order valence-electron chi connectivity index (χ4n) is 1.79. The molecule has 1 aliphatic rings. The van der Waals surface area contributed by atoms with Crippen LogP contribution in [0.15, 0.2) is 21.8 Å². The van der Waals surface area contributed by atoms with Crippen molar-refractivity contribution in [2.24, 2.45) is 22.8 Å². The van der Waals surface area contributed by atoms with Crippen molar-refractivity contribution in [3.05, 3.63) is 28.7 Å². The Hall–Kier alpha value is -1.91. The maximum Gasteiger partial charge on any atom is 0.166 e. The molecule has 2 N–H and O–H groups in total. The van der Waals surface area contributed by atoms with E-state index in [0.717, 1.165) is 22.6 Å². The molecule has 0 bridgehead atoms. The fourth-order valence-corrected chi connectivity index (χ4v) is 1.79. The minimum atomic E-state index is 0.472. The van der Waals surface area contributed by atoms with Gasteiger partial charge >= 0.3 is 0 Å². The van der Waals surface area contributed by atoms with Gasteiger partial charge in [-0.25, -0.2) is 9.98 Å². The van der Waals surface area contributed by atoms with Crippen LogP contribution in [-0.4, -0.2) is 21.5 Å². The van der Waals surface area contributed by atoms with Crippen LogP contribution in [0.25, 0.3) is 0 Å². The second-order valence-electron chi connectivity index (χ2n) is 3.78. The number of allylic oxidation sites excluding steroid dienone is 1. The van der Waals surface area contributed by atoms with Gasteiger partial charge in [0.25, 0.3) is 0 Å². The summed E-state index contributed by atoms with van der Waals surface area (Å²) < 4.78 is 1.83. The first kappa shape index (κ1) is 10.6. The number of rotatable bonds is 1. The Labute approximate surface area is 94.4 Å². The molecule has 5 nitrogen and oxygen atoms in total. The summed E-state index contributed by atoms with van der Waals surface area (Å²) in [5.41, 5.74) is 9.44. The molecule has 2 rings (SSSR count). The van der Waals surface area contributed by atoms with E-state index < -0.39 is 0 Å². The van der Waals surface area contributed by atoms with Gasteiger partial charge in [-0.3, -0.25) is 4.68 Å². The first-order valence-electron chi connectivity index (χ1n) is 5.14. The molecular formula is C11H15N5. The number of aliphatic imine (C=N–C) groups is 2. The normalized spacial score (nSPS) is 17.9. The van der Waals surface area contributed by atoms with Gasteiger partial charge in [-0.15, -0.1) is 0 Å². The predicted octanol–water partition coefficient (Wildman–Crippen LogP) is 1.06. The van der Waals surface area contributed by atoms with Crippen LogP contribution in [-0.2, 0) is 7.05 Å². The Bertz CT molecular complexity index is 531. The van der Waals surface area contributed by atoms with E-state index in [0.29, 0.717) is 11.7 Å². The molecule has 0 aromatic carbocycles. The predicted molar refractivity (Wildman–Crippen MR) is 64.6 cm³/mol. The van der Waals surface area contributed by atoms with Crippen molar-refractivity contribution in [3.8, 4) is 0 Å². The molecule has 0 saturated carbocycles. The first-order chi connectivity index (χ1) is 7.54. The number of aryl methyl sites for hydroxylation is 2. The van der Waals surface area contributed by atoms with Crippen molar-refractivity contribution in [2.75, 3.05) is 0 Å². The van der Waals surface area contributed by atoms with Crippen LogP contribution in [0.2, 0.25) is 0 Å². The summed E-state index contributed by atoms with van der Waals surface area (Å²) in [6, 6.07) is 0. The number of hydrogen-bond acceptors (Lipinski definition) is 4. The summed E-state index contributed by atoms with van der Waals surface area (Å²) in [5, 5.41) is 4.34. The van der Waals surface area contributed by atoms with E-state index in [-0.39, 0.29) is 0 Å². The van der Waals surface area contributed by atoms with Crippen molar-refractivity contribution in [3.63, 3.8) is 0 Å². The van der Waals surface area contributed by atoms with Crippen molar-refractivity contribution >= 4 is 11.7 Å². The molecule has 0 aliphatic carbocycles. The molecule has 0 unspecified atom stereocenters. The summed E-state index contributed by atoms with van der Waals surface area (Å²) >= 11 is 0. The highest BCUT2D eigenvalue weighted by Gasteiger charge is 2.20. The Morgan fingerprint density at radius 1 is 1.25 bits per heavy atom. The summed E-state index contributed by atoms with van der Waals surface area (Å²) in [6.07, 6.45) is 1.85. The number of nitrogens with two attached hydrogens (primary N) is 1. The van der Waals surface area contributed by atoms with Gasteiger partial charge in [-0.05, 0) is 20.8 Å². The molecule has 0 amide bonds. The van der Waals surface area contributed by atoms with E-state index in [4.69, 9.17) is 5.73 Å². The summed E-state index contributed by atoms with van der Waals surface area (Å²) in [7, 11) is 1.91. The van der Waals surface area contributed by atoms with Gasteiger partial charge < -0.3 is 5.73 Å². The van der Waals surface area contributed by atoms with Gasteiger partial charge in [0.15, 0.2) is 11.7 Å². The molecule has 1 aromatic heterocycles. The Morgan fingerprint density at radius 2 is 1.94 bits per heavy atom. The van der Waals surface area contributed by atoms with Gasteiger partial charge in [0.2, 0.25) is 0 Å². The topological polar surface area (TPSA) is 68.6 Å². The lowest BCUT2D eigenvalue weighted by molar-refractivity contribution is 0.731. The van der Waals surface area contributed by atoms with E-state index >= 15 is 0 Å². The average molecular weight is 217 g/mol. The molecular weight excluding hydrogens is 202 g/mol. The van der Waals surface area contributed by atoms with E-state index in [2.05, 4.69) is 15.1 Å². The van der Waals surface area contributed by atoms with E-state index in [1.807, 2.05) is 38.6 Å². The Balaban J connectivity index is 2.56. The molecule has 16 heavy (non-hydrogen) atoms. The number of nitrogens with zero attached hydrogens (tertiary/aromatic N) is 4. The molecule has 1 aliphatic heterocycles. The molecule has 2 heterocycles. The average Bonchev–Trinajstić information content (AvgIpc) is 2.69. The minimum Gasteiger partial charge on any atom is -0.382 e. The highest BCUT2D eigenvalue weighted by Crippen LogP contribution is 2.19. The van der Waals surface area contributed by atoms with Gasteiger partial charge in [0.05, 0.1) is 11.3 Å². The molecule has 84 valence electrons. The zero-order valence-corrected chi connectivity index (χ0v) is 9.94. The lowest BCUT2D eigenvalue weighted by Crippen LogP contribution is -2.10. The van der Waals surface area contributed by atoms with Crippen LogP contribution >= 0.6 is 0 Å². The van der Waals surface area contributed by atoms with Crippen LogP contribution in [0.3, 0.4) is 0 Å². The third-order valence-corrected chi connectivity index (χ3v) is 2.72. The number of aromatic nitrogens is 2. The summed E-state index contributed by atoms with van der Waals surface area (Å²) in [4.78, 5) is 8.66. The maximum absolute atomic E-state index is 5.76. The van der Waals surface area contributed by atoms with Crippen LogP contribution in [0, 0.1) is 13.8 Å². The smallest absolute Gasteiger partial charge is 0.166 e. The minimum absolute atomic E-state index is 0.472. The maximum atomic E-state index is 5.76. The van der Waals surface area contributed by atoms with Gasteiger partial charge in [-0.1, -0.05) is 6.08 Å². The van der Waals surface area contributed by atoms with Crippen LogP contribution < -0.4 is 5.73 Å². The zero-order chi connectivity index (χ0) is 11.9. The third-order valence-electron chi connectivity index (χ3n) is 2.72. The highest BCUT2D eigenvalue weighted by molar-refractivity contribution is 6.17. The Morgan fingerprint density at radius 3 is 2.38 bits per heavy atom. The van der Waals surface area contributed by atoms with Gasteiger partial charge in [0.1, 0.15) is 5.70 Å². The molecule has 0 atom stereocenters. The lowest BCUT2D eigenvalue weighted by atomic mass is 10.2. The van der Waals surface area contributed by atoms with Crippen molar-refractivity contribution in [1.29, 1.82) is 0 Å². The van der Waals surface area contributed by atoms with Crippen molar-refractivity contribution < 1.29 is 0 Å². The second-order valence-corrected chi connectivity index (χ2v) is 3.78. The van der Waals surface area contributed by atoms with Crippen molar-refractivity contribution in [1.82, 2.24) is 9.78 Å².